The molecule has 0 radical (unpaired) electrons. The number of para-hydroxylation sites is 8. The fourth-order valence-corrected chi connectivity index (χ4v) is 16.4. The van der Waals surface area contributed by atoms with Crippen LogP contribution in [-0.2, 0) is 0 Å². The van der Waals surface area contributed by atoms with Gasteiger partial charge in [0.05, 0.1) is 55.8 Å². The van der Waals surface area contributed by atoms with E-state index in [1.54, 1.807) is 0 Å². The van der Waals surface area contributed by atoms with Gasteiger partial charge in [-0.25, -0.2) is 0 Å². The second-order valence-electron chi connectivity index (χ2n) is 25.8. The summed E-state index contributed by atoms with van der Waals surface area (Å²) in [6.07, 6.45) is 0. The predicted octanol–water partition coefficient (Wildman–Crippen LogP) is 26.0. The lowest BCUT2D eigenvalue weighted by Crippen LogP contribution is -2.11. The standard InChI is InChI=1S/C92H56N4O2/c1-3-21-57(22-4-1)65-25-7-11-37-77(65)93(83-41-17-33-73-69-27-9-13-43-85(69)97-91(73)83)61-49-45-59(46-50-61)63-29-15-31-71-67(63)53-55-79-87(71)75-35-19-39-81-89(75)95(79)82-40-20-36-76-88-72-32-16-30-64(68(72)54-56-80(88)96(81)90(76)82)60-47-51-62(52-48-60)94(78-38-12-8-26-66(78)58-23-5-2-6-24-58)84-42-18-34-74-70-28-10-14-44-86(70)98-92(74)84/h1-56H. The highest BCUT2D eigenvalue weighted by atomic mass is 16.3. The maximum atomic E-state index is 6.77. The molecule has 0 spiro atoms. The van der Waals surface area contributed by atoms with E-state index in [0.717, 1.165) is 111 Å². The van der Waals surface area contributed by atoms with Gasteiger partial charge in [-0.3, -0.25) is 0 Å². The Morgan fingerprint density at radius 3 is 1.00 bits per heavy atom. The molecule has 0 saturated heterocycles. The van der Waals surface area contributed by atoms with Crippen LogP contribution in [0.15, 0.2) is 349 Å². The van der Waals surface area contributed by atoms with Crippen molar-refractivity contribution in [2.45, 2.75) is 0 Å². The normalized spacial score (nSPS) is 12.1. The van der Waals surface area contributed by atoms with Gasteiger partial charge in [0.15, 0.2) is 11.2 Å². The molecule has 0 amide bonds. The number of hydrogen-bond donors (Lipinski definition) is 0. The number of aromatic nitrogens is 2. The van der Waals surface area contributed by atoms with Crippen molar-refractivity contribution in [1.29, 1.82) is 0 Å². The average molecular weight is 1250 g/mol. The van der Waals surface area contributed by atoms with Gasteiger partial charge in [-0.15, -0.1) is 0 Å². The minimum Gasteiger partial charge on any atom is -0.454 e. The molecule has 16 aromatic carbocycles. The van der Waals surface area contributed by atoms with Crippen molar-refractivity contribution in [1.82, 2.24) is 8.80 Å². The Labute approximate surface area is 562 Å². The summed E-state index contributed by atoms with van der Waals surface area (Å²) in [6, 6.07) is 123. The molecular weight excluding hydrogens is 1190 g/mol. The Kier molecular flexibility index (Phi) is 11.7. The number of anilines is 6. The van der Waals surface area contributed by atoms with E-state index in [2.05, 4.69) is 346 Å². The molecule has 5 aromatic heterocycles. The third-order valence-electron chi connectivity index (χ3n) is 20.6. The van der Waals surface area contributed by atoms with E-state index in [1.165, 1.54) is 87.3 Å². The van der Waals surface area contributed by atoms with E-state index in [0.29, 0.717) is 0 Å². The molecule has 0 unspecified atom stereocenters. The molecule has 0 atom stereocenters. The molecule has 0 fully saturated rings. The highest BCUT2D eigenvalue weighted by Gasteiger charge is 2.27. The smallest absolute Gasteiger partial charge is 0.159 e. The van der Waals surface area contributed by atoms with Crippen LogP contribution >= 0.6 is 0 Å². The first-order chi connectivity index (χ1) is 48.7. The SMILES string of the molecule is c1ccc(-c2ccccc2N(c2ccc(-c3cccc4c3ccc3c4c4cccc5c4n3c3cccc4c6c7cccc(-c8ccc(N(c9ccccc9-c9ccccc9)c9cccc%10c9oc9ccccc9%10)cc8)c7ccc6n5c43)cc2)c2cccc3c2oc2ccccc23)cc1. The van der Waals surface area contributed by atoms with Crippen molar-refractivity contribution < 1.29 is 8.83 Å². The van der Waals surface area contributed by atoms with Gasteiger partial charge < -0.3 is 27.4 Å². The van der Waals surface area contributed by atoms with Gasteiger partial charge in [-0.2, -0.15) is 0 Å². The molecule has 6 heteroatoms. The first-order valence-electron chi connectivity index (χ1n) is 33.6. The van der Waals surface area contributed by atoms with E-state index >= 15 is 0 Å². The lowest BCUT2D eigenvalue weighted by molar-refractivity contribution is 0.668. The Morgan fingerprint density at radius 2 is 0.541 bits per heavy atom. The topological polar surface area (TPSA) is 41.6 Å². The Morgan fingerprint density at radius 1 is 0.204 bits per heavy atom. The molecule has 0 aliphatic heterocycles. The van der Waals surface area contributed by atoms with Crippen molar-refractivity contribution in [2.75, 3.05) is 9.80 Å². The summed E-state index contributed by atoms with van der Waals surface area (Å²) in [6.45, 7) is 0. The lowest BCUT2D eigenvalue weighted by atomic mass is 9.95. The van der Waals surface area contributed by atoms with Crippen LogP contribution in [0.5, 0.6) is 0 Å². The van der Waals surface area contributed by atoms with Crippen LogP contribution in [0.2, 0.25) is 0 Å². The van der Waals surface area contributed by atoms with Crippen molar-refractivity contribution in [3.63, 3.8) is 0 Å². The largest absolute Gasteiger partial charge is 0.454 e. The third kappa shape index (κ3) is 7.91. The van der Waals surface area contributed by atoms with Crippen LogP contribution in [0.4, 0.5) is 34.1 Å². The summed E-state index contributed by atoms with van der Waals surface area (Å²) < 4.78 is 18.6. The molecule has 0 saturated carbocycles. The zero-order valence-electron chi connectivity index (χ0n) is 52.9. The first-order valence-corrected chi connectivity index (χ1v) is 33.6. The number of benzene rings is 16. The molecule has 21 aromatic rings. The minimum absolute atomic E-state index is 0.851. The number of nitrogens with zero attached hydrogens (tertiary/aromatic N) is 4. The lowest BCUT2D eigenvalue weighted by Gasteiger charge is -2.28. The summed E-state index contributed by atoms with van der Waals surface area (Å²) in [4.78, 5) is 4.73. The molecule has 0 aliphatic rings. The molecule has 21 rings (SSSR count). The molecule has 0 bridgehead atoms. The van der Waals surface area contributed by atoms with E-state index < -0.39 is 0 Å². The summed E-state index contributed by atoms with van der Waals surface area (Å²) in [5.74, 6) is 0. The van der Waals surface area contributed by atoms with Crippen molar-refractivity contribution in [3.05, 3.63) is 340 Å². The quantitative estimate of drug-likeness (QED) is 0.128. The fourth-order valence-electron chi connectivity index (χ4n) is 16.4. The maximum absolute atomic E-state index is 6.77. The van der Waals surface area contributed by atoms with Crippen LogP contribution < -0.4 is 9.80 Å². The summed E-state index contributed by atoms with van der Waals surface area (Å²) in [5, 5.41) is 14.2. The van der Waals surface area contributed by atoms with Crippen LogP contribution in [0.3, 0.4) is 0 Å². The van der Waals surface area contributed by atoms with Gasteiger partial charge in [-0.1, -0.05) is 255 Å². The van der Waals surface area contributed by atoms with Gasteiger partial charge >= 0.3 is 0 Å². The van der Waals surface area contributed by atoms with Gasteiger partial charge in [0.1, 0.15) is 11.2 Å². The Balaban J connectivity index is 0.686. The molecule has 6 nitrogen and oxygen atoms in total. The second kappa shape index (κ2) is 21.2. The third-order valence-corrected chi connectivity index (χ3v) is 20.6. The van der Waals surface area contributed by atoms with Crippen LogP contribution in [0, 0.1) is 0 Å². The van der Waals surface area contributed by atoms with Crippen LogP contribution in [-0.4, -0.2) is 8.80 Å². The van der Waals surface area contributed by atoms with Crippen LogP contribution in [0.25, 0.3) is 165 Å². The van der Waals surface area contributed by atoms with Crippen LogP contribution in [0.1, 0.15) is 0 Å². The number of fused-ring (bicyclic) bond motifs is 18. The fraction of sp³-hybridized carbons (Fsp3) is 0. The average Bonchev–Trinajstić information content (AvgIpc) is 1.51. The Bertz CT molecular complexity index is 6380. The zero-order valence-corrected chi connectivity index (χ0v) is 52.9. The first kappa shape index (κ1) is 54.3. The maximum Gasteiger partial charge on any atom is 0.159 e. The highest BCUT2D eigenvalue weighted by molar-refractivity contribution is 6.30. The number of rotatable bonds is 10. The summed E-state index contributed by atoms with van der Waals surface area (Å²) in [7, 11) is 0. The minimum atomic E-state index is 0.851. The summed E-state index contributed by atoms with van der Waals surface area (Å²) in [5.41, 5.74) is 26.0. The Hall–Kier alpha value is -13.2. The number of furan rings is 2. The molecule has 0 N–H and O–H groups in total. The van der Waals surface area contributed by atoms with Gasteiger partial charge in [-0.05, 0) is 140 Å². The molecule has 456 valence electrons. The van der Waals surface area contributed by atoms with Crippen molar-refractivity contribution in [3.8, 4) is 44.5 Å². The van der Waals surface area contributed by atoms with E-state index in [1.807, 2.05) is 12.1 Å². The highest BCUT2D eigenvalue weighted by Crippen LogP contribution is 2.51. The summed E-state index contributed by atoms with van der Waals surface area (Å²) >= 11 is 0. The van der Waals surface area contributed by atoms with Gasteiger partial charge in [0, 0.05) is 65.6 Å². The predicted molar refractivity (Wildman–Crippen MR) is 410 cm³/mol. The van der Waals surface area contributed by atoms with E-state index in [4.69, 9.17) is 8.83 Å². The molecule has 5 heterocycles. The number of hydrogen-bond acceptors (Lipinski definition) is 4. The van der Waals surface area contributed by atoms with E-state index in [9.17, 15) is 0 Å². The van der Waals surface area contributed by atoms with E-state index in [-0.39, 0.29) is 0 Å². The molecular formula is C92H56N4O2. The second-order valence-corrected chi connectivity index (χ2v) is 25.8. The monoisotopic (exact) mass is 1250 g/mol. The molecule has 98 heavy (non-hydrogen) atoms. The van der Waals surface area contributed by atoms with Gasteiger partial charge in [0.2, 0.25) is 0 Å². The molecule has 0 aliphatic carbocycles. The van der Waals surface area contributed by atoms with Gasteiger partial charge in [0.25, 0.3) is 0 Å². The van der Waals surface area contributed by atoms with Crippen molar-refractivity contribution >= 4 is 154 Å². The zero-order chi connectivity index (χ0) is 64.1. The van der Waals surface area contributed by atoms with Crippen molar-refractivity contribution in [2.24, 2.45) is 0 Å².